The first-order valence-corrected chi connectivity index (χ1v) is 8.90. The summed E-state index contributed by atoms with van der Waals surface area (Å²) in [6.07, 6.45) is 14.1. The molecule has 0 spiro atoms. The number of ether oxygens (including phenoxy) is 2. The van der Waals surface area contributed by atoms with E-state index >= 15 is 0 Å². The molecule has 2 N–H and O–H groups in total. The molecular weight excluding hydrogens is 264 g/mol. The molecule has 0 aromatic heterocycles. The van der Waals surface area contributed by atoms with Gasteiger partial charge in [0.1, 0.15) is 0 Å². The van der Waals surface area contributed by atoms with Gasteiger partial charge < -0.3 is 14.9 Å². The fourth-order valence-corrected chi connectivity index (χ4v) is 4.01. The van der Waals surface area contributed by atoms with Gasteiger partial charge in [-0.05, 0) is 46.0 Å². The summed E-state index contributed by atoms with van der Waals surface area (Å²) in [5.74, 6) is 0. The fraction of sp³-hybridized carbons (Fsp3) is 1.00. The zero-order chi connectivity index (χ0) is 14.5. The summed E-state index contributed by atoms with van der Waals surface area (Å²) in [5.41, 5.74) is 0.0562. The Hall–Kier alpha value is -0.120. The SMILES string of the molecule is CCCCCOC1CCCCC1(C)OC1(C)CCCC1.O. The zero-order valence-corrected chi connectivity index (χ0v) is 14.4. The summed E-state index contributed by atoms with van der Waals surface area (Å²) >= 11 is 0. The zero-order valence-electron chi connectivity index (χ0n) is 14.4. The van der Waals surface area contributed by atoms with E-state index in [-0.39, 0.29) is 16.7 Å². The van der Waals surface area contributed by atoms with Crippen LogP contribution in [0.15, 0.2) is 0 Å². The minimum Gasteiger partial charge on any atom is -0.412 e. The normalized spacial score (nSPS) is 31.9. The molecule has 0 radical (unpaired) electrons. The van der Waals surface area contributed by atoms with Gasteiger partial charge >= 0.3 is 0 Å². The van der Waals surface area contributed by atoms with Gasteiger partial charge in [0, 0.05) is 6.61 Å². The van der Waals surface area contributed by atoms with Crippen LogP contribution in [-0.4, -0.2) is 29.4 Å². The minimum atomic E-state index is -0.0520. The molecule has 0 amide bonds. The first-order valence-electron chi connectivity index (χ1n) is 8.90. The molecule has 2 fully saturated rings. The van der Waals surface area contributed by atoms with Gasteiger partial charge in [0.25, 0.3) is 0 Å². The Labute approximate surface area is 131 Å². The van der Waals surface area contributed by atoms with Gasteiger partial charge in [-0.2, -0.15) is 0 Å². The lowest BCUT2D eigenvalue weighted by atomic mass is 9.82. The van der Waals surface area contributed by atoms with E-state index in [1.807, 2.05) is 0 Å². The summed E-state index contributed by atoms with van der Waals surface area (Å²) < 4.78 is 12.9. The van der Waals surface area contributed by atoms with Gasteiger partial charge in [0.2, 0.25) is 0 Å². The molecule has 0 aromatic rings. The topological polar surface area (TPSA) is 50.0 Å². The smallest absolute Gasteiger partial charge is 0.0922 e. The van der Waals surface area contributed by atoms with Crippen LogP contribution in [0.2, 0.25) is 0 Å². The first-order chi connectivity index (χ1) is 9.58. The molecule has 0 aromatic carbocycles. The lowest BCUT2D eigenvalue weighted by molar-refractivity contribution is -0.211. The monoisotopic (exact) mass is 300 g/mol. The van der Waals surface area contributed by atoms with Crippen LogP contribution in [0.25, 0.3) is 0 Å². The second-order valence-corrected chi connectivity index (χ2v) is 7.38. The van der Waals surface area contributed by atoms with Gasteiger partial charge in [-0.1, -0.05) is 45.4 Å². The van der Waals surface area contributed by atoms with E-state index in [2.05, 4.69) is 20.8 Å². The van der Waals surface area contributed by atoms with E-state index in [9.17, 15) is 0 Å². The van der Waals surface area contributed by atoms with Gasteiger partial charge in [0.15, 0.2) is 0 Å². The van der Waals surface area contributed by atoms with Gasteiger partial charge in [-0.15, -0.1) is 0 Å². The Kier molecular flexibility index (Phi) is 7.66. The maximum absolute atomic E-state index is 6.67. The largest absolute Gasteiger partial charge is 0.412 e. The lowest BCUT2D eigenvalue weighted by Crippen LogP contribution is -2.51. The number of unbranched alkanes of at least 4 members (excludes halogenated alkanes) is 2. The van der Waals surface area contributed by atoms with Crippen LogP contribution in [0.3, 0.4) is 0 Å². The predicted molar refractivity (Wildman–Crippen MR) is 87.7 cm³/mol. The van der Waals surface area contributed by atoms with E-state index < -0.39 is 0 Å². The Morgan fingerprint density at radius 3 is 2.29 bits per heavy atom. The molecule has 126 valence electrons. The molecule has 0 aliphatic heterocycles. The van der Waals surface area contributed by atoms with Crippen LogP contribution < -0.4 is 0 Å². The van der Waals surface area contributed by atoms with E-state index in [0.717, 1.165) is 6.61 Å². The third-order valence-electron chi connectivity index (χ3n) is 5.28. The van der Waals surface area contributed by atoms with Crippen molar-refractivity contribution >= 4 is 0 Å². The van der Waals surface area contributed by atoms with Crippen LogP contribution in [0, 0.1) is 0 Å². The second-order valence-electron chi connectivity index (χ2n) is 7.38. The molecule has 2 rings (SSSR count). The molecule has 2 atom stereocenters. The standard InChI is InChI=1S/C18H34O2.H2O/c1-4-5-10-15-19-16-11-6-7-14-18(16,3)20-17(2)12-8-9-13-17;/h16H,4-15H2,1-3H3;1H2. The summed E-state index contributed by atoms with van der Waals surface area (Å²) in [7, 11) is 0. The highest BCUT2D eigenvalue weighted by Crippen LogP contribution is 2.42. The highest BCUT2D eigenvalue weighted by atomic mass is 16.6. The highest BCUT2D eigenvalue weighted by Gasteiger charge is 2.44. The van der Waals surface area contributed by atoms with Crippen LogP contribution in [0.1, 0.15) is 91.4 Å². The van der Waals surface area contributed by atoms with Crippen molar-refractivity contribution in [2.75, 3.05) is 6.61 Å². The lowest BCUT2D eigenvalue weighted by Gasteiger charge is -2.46. The maximum atomic E-state index is 6.67. The molecule has 2 saturated carbocycles. The van der Waals surface area contributed by atoms with Crippen LogP contribution in [-0.2, 0) is 9.47 Å². The van der Waals surface area contributed by atoms with Crippen molar-refractivity contribution in [3.8, 4) is 0 Å². The van der Waals surface area contributed by atoms with Crippen molar-refractivity contribution in [1.29, 1.82) is 0 Å². The molecular formula is C18H36O3. The number of rotatable bonds is 7. The Bertz CT molecular complexity index is 286. The highest BCUT2D eigenvalue weighted by molar-refractivity contribution is 4.94. The Morgan fingerprint density at radius 1 is 0.952 bits per heavy atom. The van der Waals surface area contributed by atoms with Crippen molar-refractivity contribution < 1.29 is 14.9 Å². The van der Waals surface area contributed by atoms with Crippen molar-refractivity contribution in [1.82, 2.24) is 0 Å². The van der Waals surface area contributed by atoms with E-state index in [1.165, 1.54) is 70.6 Å². The molecule has 0 bridgehead atoms. The van der Waals surface area contributed by atoms with Crippen LogP contribution in [0.5, 0.6) is 0 Å². The van der Waals surface area contributed by atoms with Crippen LogP contribution in [0.4, 0.5) is 0 Å². The molecule has 0 heterocycles. The third-order valence-corrected chi connectivity index (χ3v) is 5.28. The summed E-state index contributed by atoms with van der Waals surface area (Å²) in [4.78, 5) is 0. The molecule has 2 aliphatic carbocycles. The van der Waals surface area contributed by atoms with Gasteiger partial charge in [-0.25, -0.2) is 0 Å². The van der Waals surface area contributed by atoms with Crippen molar-refractivity contribution in [3.05, 3.63) is 0 Å². The molecule has 3 nitrogen and oxygen atoms in total. The van der Waals surface area contributed by atoms with E-state index in [1.54, 1.807) is 0 Å². The van der Waals surface area contributed by atoms with Crippen molar-refractivity contribution in [2.45, 2.75) is 109 Å². The number of hydrogen-bond donors (Lipinski definition) is 0. The minimum absolute atomic E-state index is 0. The fourth-order valence-electron chi connectivity index (χ4n) is 4.01. The average molecular weight is 300 g/mol. The second kappa shape index (κ2) is 8.50. The summed E-state index contributed by atoms with van der Waals surface area (Å²) in [6, 6.07) is 0. The number of hydrogen-bond acceptors (Lipinski definition) is 2. The Balaban J connectivity index is 0.00000220. The molecule has 2 unspecified atom stereocenters. The van der Waals surface area contributed by atoms with Gasteiger partial charge in [0.05, 0.1) is 17.3 Å². The molecule has 0 saturated heterocycles. The van der Waals surface area contributed by atoms with E-state index in [0.29, 0.717) is 6.10 Å². The van der Waals surface area contributed by atoms with Crippen molar-refractivity contribution in [3.63, 3.8) is 0 Å². The maximum Gasteiger partial charge on any atom is 0.0922 e. The van der Waals surface area contributed by atoms with Gasteiger partial charge in [-0.3, -0.25) is 0 Å². The van der Waals surface area contributed by atoms with Crippen LogP contribution >= 0.6 is 0 Å². The van der Waals surface area contributed by atoms with E-state index in [4.69, 9.17) is 9.47 Å². The summed E-state index contributed by atoms with van der Waals surface area (Å²) in [5, 5.41) is 0. The molecule has 3 heteroatoms. The van der Waals surface area contributed by atoms with Crippen molar-refractivity contribution in [2.24, 2.45) is 0 Å². The molecule has 21 heavy (non-hydrogen) atoms. The molecule has 2 aliphatic rings. The third kappa shape index (κ3) is 5.22. The first kappa shape index (κ1) is 18.9. The quantitative estimate of drug-likeness (QED) is 0.653. The predicted octanol–water partition coefficient (Wildman–Crippen LogP) is 4.42. The summed E-state index contributed by atoms with van der Waals surface area (Å²) in [6.45, 7) is 7.77. The average Bonchev–Trinajstić information content (AvgIpc) is 2.82. The Morgan fingerprint density at radius 2 is 1.62 bits per heavy atom.